The molecule has 0 unspecified atom stereocenters. The lowest BCUT2D eigenvalue weighted by Gasteiger charge is -2.13. The molecule has 0 aliphatic rings. The molecule has 0 saturated heterocycles. The van der Waals surface area contributed by atoms with Gasteiger partial charge < -0.3 is 25.2 Å². The number of rotatable bonds is 8. The molecule has 4 rings (SSSR count). The van der Waals surface area contributed by atoms with E-state index in [1.54, 1.807) is 39.5 Å². The summed E-state index contributed by atoms with van der Waals surface area (Å²) in [5.41, 5.74) is 3.09. The molecule has 0 atom stereocenters. The standard InChI is InChI=1S/C25H22N4O5.CH4O4S/c1-26-25-28-19-13-21(34-3)20(33-2)12-18(19)22(29-25)16-5-4-6-17(11-16)27-23(30)14-7-9-15(10-8-14)24(31)32;1-5-6(2,3)4/h4-13H,1-3H3,(H,27,30)(H,31,32)(H,26,28,29);1H3,(H,2,3,4). The molecule has 0 aliphatic carbocycles. The molecule has 1 heterocycles. The van der Waals surface area contributed by atoms with Gasteiger partial charge in [0.05, 0.1) is 38.1 Å². The summed E-state index contributed by atoms with van der Waals surface area (Å²) < 4.78 is 40.6. The molecule has 0 fully saturated rings. The molecule has 0 spiro atoms. The number of carbonyl (C=O) groups is 2. The number of carbonyl (C=O) groups excluding carboxylic acids is 1. The van der Waals surface area contributed by atoms with Crippen LogP contribution in [-0.2, 0) is 14.6 Å². The summed E-state index contributed by atoms with van der Waals surface area (Å²) in [6.07, 6.45) is 0. The van der Waals surface area contributed by atoms with E-state index < -0.39 is 16.4 Å². The quantitative estimate of drug-likeness (QED) is 0.225. The first-order valence-corrected chi connectivity index (χ1v) is 12.8. The Kier molecular flexibility index (Phi) is 9.55. The number of hydrogen-bond donors (Lipinski definition) is 4. The highest BCUT2D eigenvalue weighted by Crippen LogP contribution is 2.36. The zero-order valence-electron chi connectivity index (χ0n) is 21.8. The normalized spacial score (nSPS) is 10.7. The Hall–Kier alpha value is -4.79. The van der Waals surface area contributed by atoms with Gasteiger partial charge in [0.15, 0.2) is 11.5 Å². The van der Waals surface area contributed by atoms with Crippen LogP contribution in [0.3, 0.4) is 0 Å². The highest BCUT2D eigenvalue weighted by molar-refractivity contribution is 7.80. The number of amides is 1. The zero-order valence-corrected chi connectivity index (χ0v) is 22.6. The Morgan fingerprint density at radius 1 is 0.875 bits per heavy atom. The molecule has 210 valence electrons. The Morgan fingerprint density at radius 2 is 1.48 bits per heavy atom. The van der Waals surface area contributed by atoms with Crippen LogP contribution in [0.15, 0.2) is 60.7 Å². The van der Waals surface area contributed by atoms with Gasteiger partial charge in [0.25, 0.3) is 5.91 Å². The third-order valence-electron chi connectivity index (χ3n) is 5.42. The van der Waals surface area contributed by atoms with Gasteiger partial charge in [-0.1, -0.05) is 12.1 Å². The SMILES string of the molecule is CNc1nc(-c2cccc(NC(=O)c3ccc(C(=O)O)cc3)c2)c2cc(OC)c(OC)cc2n1.COS(=O)(=O)O. The Labute approximate surface area is 229 Å². The number of nitrogens with one attached hydrogen (secondary N) is 2. The molecule has 3 aromatic carbocycles. The smallest absolute Gasteiger partial charge is 0.397 e. The van der Waals surface area contributed by atoms with Crippen molar-refractivity contribution in [1.82, 2.24) is 9.97 Å². The summed E-state index contributed by atoms with van der Waals surface area (Å²) in [7, 11) is 1.56. The van der Waals surface area contributed by atoms with E-state index in [2.05, 4.69) is 24.8 Å². The van der Waals surface area contributed by atoms with Crippen molar-refractivity contribution in [2.45, 2.75) is 0 Å². The van der Waals surface area contributed by atoms with Crippen LogP contribution in [0.5, 0.6) is 11.5 Å². The van der Waals surface area contributed by atoms with Gasteiger partial charge in [-0.2, -0.15) is 8.42 Å². The van der Waals surface area contributed by atoms with E-state index in [9.17, 15) is 18.0 Å². The predicted molar refractivity (Wildman–Crippen MR) is 148 cm³/mol. The lowest BCUT2D eigenvalue weighted by Crippen LogP contribution is -2.12. The number of carboxylic acids is 1. The maximum atomic E-state index is 12.7. The molecule has 4 aromatic rings. The van der Waals surface area contributed by atoms with Gasteiger partial charge >= 0.3 is 16.4 Å². The summed E-state index contributed by atoms with van der Waals surface area (Å²) in [5, 5.41) is 15.6. The van der Waals surface area contributed by atoms with Gasteiger partial charge in [0.1, 0.15) is 0 Å². The van der Waals surface area contributed by atoms with Crippen molar-refractivity contribution < 1.29 is 41.3 Å². The van der Waals surface area contributed by atoms with E-state index in [1.165, 1.54) is 24.3 Å². The highest BCUT2D eigenvalue weighted by atomic mass is 32.3. The van der Waals surface area contributed by atoms with Crippen molar-refractivity contribution in [1.29, 1.82) is 0 Å². The Balaban J connectivity index is 0.000000663. The third-order valence-corrected chi connectivity index (χ3v) is 5.84. The third kappa shape index (κ3) is 7.41. The molecular formula is C26H26N4O9S. The highest BCUT2D eigenvalue weighted by Gasteiger charge is 2.15. The molecule has 40 heavy (non-hydrogen) atoms. The summed E-state index contributed by atoms with van der Waals surface area (Å²) in [5.74, 6) is 0.126. The summed E-state index contributed by atoms with van der Waals surface area (Å²) in [6.45, 7) is 0. The predicted octanol–water partition coefficient (Wildman–Crippen LogP) is 3.74. The van der Waals surface area contributed by atoms with Crippen LogP contribution in [0.1, 0.15) is 20.7 Å². The van der Waals surface area contributed by atoms with Crippen molar-refractivity contribution in [2.75, 3.05) is 39.0 Å². The summed E-state index contributed by atoms with van der Waals surface area (Å²) >= 11 is 0. The van der Waals surface area contributed by atoms with E-state index >= 15 is 0 Å². The lowest BCUT2D eigenvalue weighted by atomic mass is 10.0. The second kappa shape index (κ2) is 12.8. The van der Waals surface area contributed by atoms with Gasteiger partial charge in [-0.3, -0.25) is 13.5 Å². The van der Waals surface area contributed by atoms with E-state index in [1.807, 2.05) is 18.2 Å². The van der Waals surface area contributed by atoms with E-state index in [0.29, 0.717) is 39.9 Å². The number of anilines is 2. The van der Waals surface area contributed by atoms with E-state index in [-0.39, 0.29) is 11.5 Å². The van der Waals surface area contributed by atoms with Crippen LogP contribution in [0.2, 0.25) is 0 Å². The van der Waals surface area contributed by atoms with Crippen molar-refractivity contribution in [3.63, 3.8) is 0 Å². The first kappa shape index (κ1) is 29.8. The number of nitrogens with zero attached hydrogens (tertiary/aromatic N) is 2. The molecule has 0 radical (unpaired) electrons. The molecule has 4 N–H and O–H groups in total. The first-order chi connectivity index (χ1) is 19.0. The zero-order chi connectivity index (χ0) is 29.4. The van der Waals surface area contributed by atoms with Crippen molar-refractivity contribution in [3.05, 3.63) is 71.8 Å². The van der Waals surface area contributed by atoms with Crippen LogP contribution in [-0.4, -0.2) is 68.3 Å². The second-order valence-corrected chi connectivity index (χ2v) is 9.07. The average molecular weight is 571 g/mol. The number of methoxy groups -OCH3 is 2. The van der Waals surface area contributed by atoms with Gasteiger partial charge in [0, 0.05) is 35.3 Å². The molecule has 1 aromatic heterocycles. The maximum Gasteiger partial charge on any atom is 0.397 e. The summed E-state index contributed by atoms with van der Waals surface area (Å²) in [4.78, 5) is 32.9. The largest absolute Gasteiger partial charge is 0.493 e. The van der Waals surface area contributed by atoms with Gasteiger partial charge in [-0.05, 0) is 42.5 Å². The van der Waals surface area contributed by atoms with E-state index in [4.69, 9.17) is 19.1 Å². The van der Waals surface area contributed by atoms with Crippen LogP contribution in [0, 0.1) is 0 Å². The van der Waals surface area contributed by atoms with E-state index in [0.717, 1.165) is 18.1 Å². The van der Waals surface area contributed by atoms with Crippen LogP contribution in [0.25, 0.3) is 22.2 Å². The van der Waals surface area contributed by atoms with Crippen molar-refractivity contribution in [3.8, 4) is 22.8 Å². The fourth-order valence-corrected chi connectivity index (χ4v) is 3.50. The number of aromatic nitrogens is 2. The van der Waals surface area contributed by atoms with Crippen molar-refractivity contribution >= 4 is 44.8 Å². The fourth-order valence-electron chi connectivity index (χ4n) is 3.50. The number of benzene rings is 3. The molecule has 0 aliphatic heterocycles. The van der Waals surface area contributed by atoms with Crippen LogP contribution >= 0.6 is 0 Å². The van der Waals surface area contributed by atoms with Gasteiger partial charge in [-0.15, -0.1) is 0 Å². The van der Waals surface area contributed by atoms with Gasteiger partial charge in [0.2, 0.25) is 5.95 Å². The summed E-state index contributed by atoms with van der Waals surface area (Å²) in [6, 6.07) is 16.6. The topological polar surface area (TPSA) is 186 Å². The number of aromatic carboxylic acids is 1. The molecular weight excluding hydrogens is 544 g/mol. The monoisotopic (exact) mass is 570 g/mol. The lowest BCUT2D eigenvalue weighted by molar-refractivity contribution is 0.0696. The minimum atomic E-state index is -4.16. The average Bonchev–Trinajstić information content (AvgIpc) is 2.95. The molecule has 13 nitrogen and oxygen atoms in total. The Morgan fingerprint density at radius 3 is 2.02 bits per heavy atom. The minimum absolute atomic E-state index is 0.113. The number of ether oxygens (including phenoxy) is 2. The Bertz CT molecular complexity index is 1640. The number of fused-ring (bicyclic) bond motifs is 1. The maximum absolute atomic E-state index is 12.7. The molecule has 0 bridgehead atoms. The van der Waals surface area contributed by atoms with Crippen LogP contribution < -0.4 is 20.1 Å². The number of carboxylic acid groups (broad SMARTS) is 1. The van der Waals surface area contributed by atoms with Crippen LogP contribution in [0.4, 0.5) is 11.6 Å². The minimum Gasteiger partial charge on any atom is -0.493 e. The van der Waals surface area contributed by atoms with Gasteiger partial charge in [-0.25, -0.2) is 14.8 Å². The fraction of sp³-hybridized carbons (Fsp3) is 0.154. The molecule has 1 amide bonds. The second-order valence-electron chi connectivity index (χ2n) is 7.88. The number of hydrogen-bond acceptors (Lipinski definition) is 10. The first-order valence-electron chi connectivity index (χ1n) is 11.4. The van der Waals surface area contributed by atoms with Crippen molar-refractivity contribution in [2.24, 2.45) is 0 Å². The molecule has 14 heteroatoms. The molecule has 0 saturated carbocycles.